The molecular formula is C12H19ClN2O2S. The van der Waals surface area contributed by atoms with Crippen molar-refractivity contribution in [2.45, 2.75) is 26.3 Å². The Kier molecular flexibility index (Phi) is 6.46. The predicted octanol–water partition coefficient (Wildman–Crippen LogP) is 2.78. The first-order chi connectivity index (χ1) is 8.52. The fourth-order valence-electron chi connectivity index (χ4n) is 1.47. The van der Waals surface area contributed by atoms with Gasteiger partial charge in [0.25, 0.3) is 0 Å². The molecule has 1 heterocycles. The van der Waals surface area contributed by atoms with Gasteiger partial charge < -0.3 is 15.7 Å². The topological polar surface area (TPSA) is 61.4 Å². The summed E-state index contributed by atoms with van der Waals surface area (Å²) in [5.41, 5.74) is 0. The summed E-state index contributed by atoms with van der Waals surface area (Å²) in [7, 11) is 0. The molecule has 0 aromatic carbocycles. The number of thiophene rings is 1. The van der Waals surface area contributed by atoms with Gasteiger partial charge in [0.05, 0.1) is 10.4 Å². The van der Waals surface area contributed by atoms with Gasteiger partial charge in [-0.2, -0.15) is 0 Å². The van der Waals surface area contributed by atoms with Crippen molar-refractivity contribution in [1.29, 1.82) is 0 Å². The molecule has 0 saturated heterocycles. The first-order valence-corrected chi connectivity index (χ1v) is 7.12. The number of nitrogens with one attached hydrogen (secondary N) is 2. The highest BCUT2D eigenvalue weighted by Crippen LogP contribution is 2.26. The van der Waals surface area contributed by atoms with Crippen molar-refractivity contribution in [2.24, 2.45) is 5.92 Å². The molecule has 2 atom stereocenters. The van der Waals surface area contributed by atoms with Crippen LogP contribution in [-0.4, -0.2) is 24.3 Å². The van der Waals surface area contributed by atoms with Crippen LogP contribution in [0.3, 0.4) is 0 Å². The molecule has 2 unspecified atom stereocenters. The molecule has 18 heavy (non-hydrogen) atoms. The first-order valence-electron chi connectivity index (χ1n) is 5.93. The predicted molar refractivity (Wildman–Crippen MR) is 75.1 cm³/mol. The molecule has 2 amide bonds. The van der Waals surface area contributed by atoms with Gasteiger partial charge in [0.15, 0.2) is 0 Å². The Balaban J connectivity index is 2.31. The molecule has 0 aliphatic carbocycles. The number of halogens is 1. The van der Waals surface area contributed by atoms with E-state index in [1.807, 2.05) is 26.0 Å². The summed E-state index contributed by atoms with van der Waals surface area (Å²) < 4.78 is 0.718. The van der Waals surface area contributed by atoms with Crippen LogP contribution in [0.15, 0.2) is 12.1 Å². The largest absolute Gasteiger partial charge is 0.396 e. The lowest BCUT2D eigenvalue weighted by Gasteiger charge is -2.15. The van der Waals surface area contributed by atoms with Gasteiger partial charge in [-0.25, -0.2) is 4.79 Å². The molecule has 102 valence electrons. The zero-order valence-electron chi connectivity index (χ0n) is 10.6. The summed E-state index contributed by atoms with van der Waals surface area (Å²) in [6, 6.07) is 3.47. The summed E-state index contributed by atoms with van der Waals surface area (Å²) in [5, 5.41) is 14.4. The SMILES string of the molecule is CC(CCO)CNC(=O)NC(C)c1ccc(Cl)s1. The lowest BCUT2D eigenvalue weighted by Crippen LogP contribution is -2.39. The number of aliphatic hydroxyl groups is 1. The maximum atomic E-state index is 11.6. The van der Waals surface area contributed by atoms with Gasteiger partial charge in [-0.05, 0) is 31.4 Å². The van der Waals surface area contributed by atoms with E-state index >= 15 is 0 Å². The van der Waals surface area contributed by atoms with Crippen molar-refractivity contribution in [3.8, 4) is 0 Å². The average Bonchev–Trinajstić information content (AvgIpc) is 2.74. The number of carbonyl (C=O) groups is 1. The Hall–Kier alpha value is -0.780. The fraction of sp³-hybridized carbons (Fsp3) is 0.583. The molecule has 1 aromatic heterocycles. The summed E-state index contributed by atoms with van der Waals surface area (Å²) in [5.74, 6) is 0.271. The van der Waals surface area contributed by atoms with Crippen LogP contribution in [0.25, 0.3) is 0 Å². The first kappa shape index (κ1) is 15.3. The second-order valence-electron chi connectivity index (χ2n) is 4.34. The third-order valence-electron chi connectivity index (χ3n) is 2.60. The van der Waals surface area contributed by atoms with E-state index < -0.39 is 0 Å². The van der Waals surface area contributed by atoms with E-state index in [4.69, 9.17) is 16.7 Å². The molecular weight excluding hydrogens is 272 g/mol. The normalized spacial score (nSPS) is 14.0. The Bertz CT molecular complexity index is 384. The molecule has 4 nitrogen and oxygen atoms in total. The lowest BCUT2D eigenvalue weighted by atomic mass is 10.1. The van der Waals surface area contributed by atoms with Crippen molar-refractivity contribution in [3.05, 3.63) is 21.3 Å². The Morgan fingerprint density at radius 2 is 2.22 bits per heavy atom. The molecule has 0 saturated carbocycles. The van der Waals surface area contributed by atoms with Crippen LogP contribution in [0.4, 0.5) is 4.79 Å². The highest BCUT2D eigenvalue weighted by atomic mass is 35.5. The Morgan fingerprint density at radius 3 is 2.78 bits per heavy atom. The van der Waals surface area contributed by atoms with E-state index in [9.17, 15) is 4.79 Å². The van der Waals surface area contributed by atoms with Crippen LogP contribution < -0.4 is 10.6 Å². The number of amides is 2. The number of hydrogen-bond acceptors (Lipinski definition) is 3. The van der Waals surface area contributed by atoms with Crippen molar-refractivity contribution < 1.29 is 9.90 Å². The van der Waals surface area contributed by atoms with Gasteiger partial charge in [0, 0.05) is 18.0 Å². The molecule has 3 N–H and O–H groups in total. The summed E-state index contributed by atoms with van der Waals surface area (Å²) in [6.07, 6.45) is 0.691. The van der Waals surface area contributed by atoms with E-state index in [0.717, 1.165) is 9.21 Å². The molecule has 0 radical (unpaired) electrons. The molecule has 1 aromatic rings. The molecule has 6 heteroatoms. The third-order valence-corrected chi connectivity index (χ3v) is 4.02. The minimum atomic E-state index is -0.197. The van der Waals surface area contributed by atoms with E-state index in [1.165, 1.54) is 11.3 Å². The molecule has 0 aliphatic heterocycles. The van der Waals surface area contributed by atoms with E-state index in [-0.39, 0.29) is 24.6 Å². The Labute approximate surface area is 116 Å². The maximum absolute atomic E-state index is 11.6. The van der Waals surface area contributed by atoms with Crippen molar-refractivity contribution >= 4 is 29.0 Å². The van der Waals surface area contributed by atoms with Gasteiger partial charge in [0.1, 0.15) is 0 Å². The highest BCUT2D eigenvalue weighted by Gasteiger charge is 2.11. The van der Waals surface area contributed by atoms with Crippen LogP contribution in [0.1, 0.15) is 31.2 Å². The van der Waals surface area contributed by atoms with Crippen molar-refractivity contribution in [3.63, 3.8) is 0 Å². The van der Waals surface area contributed by atoms with Crippen LogP contribution >= 0.6 is 22.9 Å². The van der Waals surface area contributed by atoms with Gasteiger partial charge >= 0.3 is 6.03 Å². The standard InChI is InChI=1S/C12H19ClN2O2S/c1-8(5-6-16)7-14-12(17)15-9(2)10-3-4-11(13)18-10/h3-4,8-9,16H,5-7H2,1-2H3,(H2,14,15,17). The number of aliphatic hydroxyl groups excluding tert-OH is 1. The molecule has 0 fully saturated rings. The van der Waals surface area contributed by atoms with Crippen LogP contribution in [0.2, 0.25) is 4.34 Å². The summed E-state index contributed by atoms with van der Waals surface area (Å²) in [4.78, 5) is 12.7. The smallest absolute Gasteiger partial charge is 0.315 e. The van der Waals surface area contributed by atoms with E-state index in [0.29, 0.717) is 13.0 Å². The zero-order chi connectivity index (χ0) is 13.5. The third kappa shape index (κ3) is 5.25. The second-order valence-corrected chi connectivity index (χ2v) is 6.08. The Morgan fingerprint density at radius 1 is 1.50 bits per heavy atom. The molecule has 0 bridgehead atoms. The molecule has 1 rings (SSSR count). The van der Waals surface area contributed by atoms with Crippen molar-refractivity contribution in [2.75, 3.05) is 13.2 Å². The maximum Gasteiger partial charge on any atom is 0.315 e. The average molecular weight is 291 g/mol. The summed E-state index contributed by atoms with van der Waals surface area (Å²) in [6.45, 7) is 4.61. The number of carbonyl (C=O) groups excluding carboxylic acids is 1. The number of hydrogen-bond donors (Lipinski definition) is 3. The van der Waals surface area contributed by atoms with Gasteiger partial charge in [-0.1, -0.05) is 18.5 Å². The van der Waals surface area contributed by atoms with Crippen LogP contribution in [0.5, 0.6) is 0 Å². The van der Waals surface area contributed by atoms with Gasteiger partial charge in [0.2, 0.25) is 0 Å². The van der Waals surface area contributed by atoms with E-state index in [2.05, 4.69) is 10.6 Å². The molecule has 0 aliphatic rings. The zero-order valence-corrected chi connectivity index (χ0v) is 12.1. The van der Waals surface area contributed by atoms with Crippen molar-refractivity contribution in [1.82, 2.24) is 10.6 Å². The van der Waals surface area contributed by atoms with Gasteiger partial charge in [-0.15, -0.1) is 11.3 Å². The van der Waals surface area contributed by atoms with Crippen LogP contribution in [-0.2, 0) is 0 Å². The van der Waals surface area contributed by atoms with E-state index in [1.54, 1.807) is 0 Å². The lowest BCUT2D eigenvalue weighted by molar-refractivity contribution is 0.231. The quantitative estimate of drug-likeness (QED) is 0.754. The highest BCUT2D eigenvalue weighted by molar-refractivity contribution is 7.16. The van der Waals surface area contributed by atoms with Crippen LogP contribution in [0, 0.1) is 5.92 Å². The fourth-order valence-corrected chi connectivity index (χ4v) is 2.53. The number of urea groups is 1. The van der Waals surface area contributed by atoms with Gasteiger partial charge in [-0.3, -0.25) is 0 Å². The monoisotopic (exact) mass is 290 g/mol. The molecule has 0 spiro atoms. The number of rotatable bonds is 6. The summed E-state index contributed by atoms with van der Waals surface area (Å²) >= 11 is 7.31. The minimum Gasteiger partial charge on any atom is -0.396 e. The second kappa shape index (κ2) is 7.61. The minimum absolute atomic E-state index is 0.0596.